The van der Waals surface area contributed by atoms with Gasteiger partial charge in [0.05, 0.1) is 36.0 Å². The zero-order valence-electron chi connectivity index (χ0n) is 22.2. The van der Waals surface area contributed by atoms with Gasteiger partial charge in [0.1, 0.15) is 29.4 Å². The van der Waals surface area contributed by atoms with E-state index in [-0.39, 0.29) is 41.9 Å². The van der Waals surface area contributed by atoms with Crippen molar-refractivity contribution in [3.05, 3.63) is 41.7 Å². The molecule has 4 aromatic rings. The Morgan fingerprint density at radius 3 is 2.65 bits per heavy atom. The number of nitrogens with zero attached hydrogens (tertiary/aromatic N) is 4. The summed E-state index contributed by atoms with van der Waals surface area (Å²) in [6.45, 7) is 2.78. The van der Waals surface area contributed by atoms with Gasteiger partial charge in [-0.1, -0.05) is 12.0 Å². The predicted octanol–water partition coefficient (Wildman–Crippen LogP) is 4.09. The lowest BCUT2D eigenvalue weighted by Crippen LogP contribution is -2.43. The molecule has 2 aromatic carbocycles. The number of methoxy groups -OCH3 is 1. The van der Waals surface area contributed by atoms with Crippen molar-refractivity contribution in [2.24, 2.45) is 0 Å². The summed E-state index contributed by atoms with van der Waals surface area (Å²) in [4.78, 5) is 16.5. The van der Waals surface area contributed by atoms with E-state index in [1.165, 1.54) is 25.3 Å². The van der Waals surface area contributed by atoms with Crippen molar-refractivity contribution < 1.29 is 24.1 Å². The van der Waals surface area contributed by atoms with E-state index < -0.39 is 5.82 Å². The number of hydrogen-bond donors (Lipinski definition) is 3. The SMILES string of the molecule is C#Cc1c(F)ccc2cc(O)cc(-c3cc4nc(OCC56CCCN5CCC6)nc(NCCO)c4c(OC)n3)c12. The average Bonchev–Trinajstić information content (AvgIpc) is 3.54. The number of phenols is 1. The monoisotopic (exact) mass is 543 g/mol. The number of anilines is 1. The molecule has 2 fully saturated rings. The van der Waals surface area contributed by atoms with Crippen LogP contribution in [0.3, 0.4) is 0 Å². The van der Waals surface area contributed by atoms with E-state index >= 15 is 0 Å². The summed E-state index contributed by atoms with van der Waals surface area (Å²) in [6, 6.07) is 7.76. The lowest BCUT2D eigenvalue weighted by Gasteiger charge is -2.31. The number of aliphatic hydroxyl groups excluding tert-OH is 1. The number of rotatable bonds is 8. The summed E-state index contributed by atoms with van der Waals surface area (Å²) in [5.74, 6) is 2.49. The van der Waals surface area contributed by atoms with Crippen LogP contribution in [0, 0.1) is 18.2 Å². The van der Waals surface area contributed by atoms with Crippen LogP contribution in [0.1, 0.15) is 31.2 Å². The Morgan fingerprint density at radius 1 is 1.12 bits per heavy atom. The number of ether oxygens (including phenoxy) is 2. The van der Waals surface area contributed by atoms with Gasteiger partial charge in [-0.2, -0.15) is 9.97 Å². The molecule has 0 unspecified atom stereocenters. The largest absolute Gasteiger partial charge is 0.508 e. The highest BCUT2D eigenvalue weighted by Crippen LogP contribution is 2.41. The molecule has 0 spiro atoms. The molecule has 3 N–H and O–H groups in total. The number of phenolic OH excluding ortho intramolecular Hbond substituents is 1. The van der Waals surface area contributed by atoms with E-state index in [1.54, 1.807) is 12.1 Å². The second kappa shape index (κ2) is 10.4. The van der Waals surface area contributed by atoms with Crippen LogP contribution in [-0.4, -0.2) is 75.6 Å². The molecule has 2 aliphatic heterocycles. The summed E-state index contributed by atoms with van der Waals surface area (Å²) < 4.78 is 26.6. The van der Waals surface area contributed by atoms with E-state index in [1.807, 2.05) is 0 Å². The molecule has 0 saturated carbocycles. The van der Waals surface area contributed by atoms with Crippen LogP contribution in [0.2, 0.25) is 0 Å². The lowest BCUT2D eigenvalue weighted by molar-refractivity contribution is 0.108. The summed E-state index contributed by atoms with van der Waals surface area (Å²) in [5, 5.41) is 24.6. The molecule has 2 aliphatic rings. The fourth-order valence-corrected chi connectivity index (χ4v) is 6.18. The first-order chi connectivity index (χ1) is 19.5. The normalized spacial score (nSPS) is 16.2. The minimum absolute atomic E-state index is 0.00821. The number of benzene rings is 2. The molecule has 40 heavy (non-hydrogen) atoms. The van der Waals surface area contributed by atoms with Gasteiger partial charge in [-0.05, 0) is 68.4 Å². The minimum atomic E-state index is -0.546. The molecular weight excluding hydrogens is 513 g/mol. The third-order valence-corrected chi connectivity index (χ3v) is 7.98. The Kier molecular flexibility index (Phi) is 6.78. The van der Waals surface area contributed by atoms with E-state index in [2.05, 4.69) is 26.1 Å². The van der Waals surface area contributed by atoms with Crippen LogP contribution in [0.15, 0.2) is 30.3 Å². The summed E-state index contributed by atoms with van der Waals surface area (Å²) in [7, 11) is 1.48. The number of fused-ring (bicyclic) bond motifs is 3. The fourth-order valence-electron chi connectivity index (χ4n) is 6.18. The highest BCUT2D eigenvalue weighted by atomic mass is 19.1. The van der Waals surface area contributed by atoms with Crippen molar-refractivity contribution in [1.82, 2.24) is 19.9 Å². The van der Waals surface area contributed by atoms with Crippen molar-refractivity contribution in [3.8, 4) is 41.2 Å². The number of pyridine rings is 1. The smallest absolute Gasteiger partial charge is 0.319 e. The van der Waals surface area contributed by atoms with Gasteiger partial charge in [-0.15, -0.1) is 6.42 Å². The van der Waals surface area contributed by atoms with E-state index in [0.717, 1.165) is 38.8 Å². The number of hydrogen-bond acceptors (Lipinski definition) is 9. The molecule has 0 bridgehead atoms. The van der Waals surface area contributed by atoms with E-state index in [0.29, 0.717) is 45.4 Å². The van der Waals surface area contributed by atoms with Crippen LogP contribution in [0.25, 0.3) is 32.9 Å². The Hall–Kier alpha value is -4.20. The summed E-state index contributed by atoms with van der Waals surface area (Å²) >= 11 is 0. The molecule has 0 amide bonds. The molecule has 6 rings (SSSR count). The number of aliphatic hydroxyl groups is 1. The number of aromatic nitrogens is 3. The van der Waals surface area contributed by atoms with Crippen LogP contribution in [-0.2, 0) is 0 Å². The van der Waals surface area contributed by atoms with Crippen molar-refractivity contribution in [2.45, 2.75) is 31.2 Å². The second-order valence-corrected chi connectivity index (χ2v) is 10.3. The molecule has 206 valence electrons. The zero-order chi connectivity index (χ0) is 27.9. The average molecular weight is 544 g/mol. The maximum Gasteiger partial charge on any atom is 0.319 e. The van der Waals surface area contributed by atoms with Gasteiger partial charge < -0.3 is 25.0 Å². The van der Waals surface area contributed by atoms with E-state index in [9.17, 15) is 14.6 Å². The van der Waals surface area contributed by atoms with Crippen molar-refractivity contribution in [1.29, 1.82) is 0 Å². The van der Waals surface area contributed by atoms with Gasteiger partial charge in [-0.3, -0.25) is 4.90 Å². The van der Waals surface area contributed by atoms with E-state index in [4.69, 9.17) is 20.9 Å². The quantitative estimate of drug-likeness (QED) is 0.283. The molecule has 9 nitrogen and oxygen atoms in total. The van der Waals surface area contributed by atoms with Gasteiger partial charge in [0.2, 0.25) is 5.88 Å². The molecular formula is C30H30FN5O4. The minimum Gasteiger partial charge on any atom is -0.508 e. The molecule has 0 atom stereocenters. The molecule has 2 aromatic heterocycles. The van der Waals surface area contributed by atoms with Crippen molar-refractivity contribution in [2.75, 3.05) is 45.3 Å². The number of nitrogens with one attached hydrogen (secondary N) is 1. The standard InChI is InChI=1S/C30H30FN5O4/c1-3-20-22(31)7-6-18-14-19(38)15-21(25(18)20)23-16-24-26(28(33-23)39-2)27(32-10-13-37)35-29(34-24)40-17-30-8-4-11-36(30)12-5-9-30/h1,6-7,14-16,37-38H,4-5,8-13,17H2,2H3,(H,32,34,35). The van der Waals surface area contributed by atoms with Crippen molar-refractivity contribution >= 4 is 27.5 Å². The number of terminal acetylenes is 1. The van der Waals surface area contributed by atoms with Crippen LogP contribution < -0.4 is 14.8 Å². The topological polar surface area (TPSA) is 113 Å². The lowest BCUT2D eigenvalue weighted by atomic mass is 9.95. The van der Waals surface area contributed by atoms with Gasteiger partial charge in [-0.25, -0.2) is 9.37 Å². The van der Waals surface area contributed by atoms with Crippen molar-refractivity contribution in [3.63, 3.8) is 0 Å². The first-order valence-electron chi connectivity index (χ1n) is 13.4. The molecule has 0 radical (unpaired) electrons. The highest BCUT2D eigenvalue weighted by Gasteiger charge is 2.45. The first kappa shape index (κ1) is 26.0. The number of aromatic hydroxyl groups is 1. The van der Waals surface area contributed by atoms with Gasteiger partial charge in [0.25, 0.3) is 0 Å². The Balaban J connectivity index is 1.51. The highest BCUT2D eigenvalue weighted by molar-refractivity contribution is 6.03. The summed E-state index contributed by atoms with van der Waals surface area (Å²) in [5.41, 5.74) is 1.35. The molecule has 0 aliphatic carbocycles. The van der Waals surface area contributed by atoms with Gasteiger partial charge in [0, 0.05) is 17.5 Å². The maximum atomic E-state index is 14.7. The van der Waals surface area contributed by atoms with Crippen LogP contribution in [0.5, 0.6) is 17.6 Å². The van der Waals surface area contributed by atoms with Gasteiger partial charge >= 0.3 is 6.01 Å². The van der Waals surface area contributed by atoms with Crippen LogP contribution in [0.4, 0.5) is 10.2 Å². The Bertz CT molecular complexity index is 1640. The number of halogens is 1. The fraction of sp³-hybridized carbons (Fsp3) is 0.367. The molecule has 4 heterocycles. The van der Waals surface area contributed by atoms with Gasteiger partial charge in [0.15, 0.2) is 0 Å². The Labute approximate surface area is 231 Å². The summed E-state index contributed by atoms with van der Waals surface area (Å²) in [6.07, 6.45) is 10.1. The predicted molar refractivity (Wildman–Crippen MR) is 150 cm³/mol. The van der Waals surface area contributed by atoms with Crippen LogP contribution >= 0.6 is 0 Å². The second-order valence-electron chi connectivity index (χ2n) is 10.3. The maximum absolute atomic E-state index is 14.7. The third-order valence-electron chi connectivity index (χ3n) is 7.98. The molecule has 2 saturated heterocycles. The third kappa shape index (κ3) is 4.41. The zero-order valence-corrected chi connectivity index (χ0v) is 22.2. The molecule has 10 heteroatoms. The Morgan fingerprint density at radius 2 is 1.93 bits per heavy atom. The first-order valence-corrected chi connectivity index (χ1v) is 13.4.